The number of halogens is 1. The van der Waals surface area contributed by atoms with E-state index in [1.807, 2.05) is 18.2 Å². The van der Waals surface area contributed by atoms with Crippen molar-refractivity contribution in [2.24, 2.45) is 0 Å². The smallest absolute Gasteiger partial charge is 0.408 e. The largest absolute Gasteiger partial charge is 0.469 e. The third kappa shape index (κ3) is 7.74. The molecular weight excluding hydrogens is 530 g/mol. The molecule has 1 aromatic heterocycles. The fraction of sp³-hybridized carbons (Fsp3) is 0.192. The first-order valence-electron chi connectivity index (χ1n) is 11.0. The van der Waals surface area contributed by atoms with Crippen LogP contribution in [0.25, 0.3) is 0 Å². The molecule has 0 saturated heterocycles. The van der Waals surface area contributed by atoms with Gasteiger partial charge >= 0.3 is 12.1 Å². The van der Waals surface area contributed by atoms with Gasteiger partial charge in [-0.2, -0.15) is 0 Å². The summed E-state index contributed by atoms with van der Waals surface area (Å²) in [7, 11) is 1.23. The van der Waals surface area contributed by atoms with Gasteiger partial charge in [0.1, 0.15) is 18.3 Å². The van der Waals surface area contributed by atoms with Crippen LogP contribution in [0.3, 0.4) is 0 Å². The number of carbonyl (C=O) groups is 4. The number of ether oxygens (including phenoxy) is 2. The van der Waals surface area contributed by atoms with Crippen molar-refractivity contribution in [3.8, 4) is 0 Å². The Morgan fingerprint density at radius 3 is 2.44 bits per heavy atom. The fourth-order valence-corrected chi connectivity index (χ4v) is 3.57. The maximum Gasteiger partial charge on any atom is 0.408 e. The average Bonchev–Trinajstić information content (AvgIpc) is 2.91. The van der Waals surface area contributed by atoms with Crippen molar-refractivity contribution in [3.63, 3.8) is 0 Å². The lowest BCUT2D eigenvalue weighted by Crippen LogP contribution is -2.44. The summed E-state index contributed by atoms with van der Waals surface area (Å²) >= 11 is 3.34. The highest BCUT2D eigenvalue weighted by molar-refractivity contribution is 9.10. The van der Waals surface area contributed by atoms with E-state index in [9.17, 15) is 19.2 Å². The van der Waals surface area contributed by atoms with E-state index < -0.39 is 29.8 Å². The van der Waals surface area contributed by atoms with Crippen molar-refractivity contribution in [2.45, 2.75) is 25.5 Å². The number of benzene rings is 2. The molecule has 10 heteroatoms. The zero-order valence-corrected chi connectivity index (χ0v) is 21.0. The van der Waals surface area contributed by atoms with Crippen LogP contribution in [0.5, 0.6) is 0 Å². The molecule has 186 valence electrons. The molecule has 0 aliphatic rings. The van der Waals surface area contributed by atoms with Crippen LogP contribution in [0, 0.1) is 0 Å². The molecule has 0 aliphatic heterocycles. The van der Waals surface area contributed by atoms with Gasteiger partial charge in [-0.05, 0) is 42.3 Å². The number of alkyl carbamates (subject to hydrolysis) is 1. The van der Waals surface area contributed by atoms with Crippen molar-refractivity contribution < 1.29 is 28.7 Å². The summed E-state index contributed by atoms with van der Waals surface area (Å²) in [4.78, 5) is 54.3. The minimum atomic E-state index is -1.13. The molecule has 1 unspecified atom stereocenters. The Morgan fingerprint density at radius 2 is 1.75 bits per heavy atom. The van der Waals surface area contributed by atoms with E-state index in [1.165, 1.54) is 13.3 Å². The zero-order valence-electron chi connectivity index (χ0n) is 19.4. The third-order valence-electron chi connectivity index (χ3n) is 5.07. The molecular formula is C26H24BrN3O6. The average molecular weight is 554 g/mol. The Labute approximate surface area is 216 Å². The lowest BCUT2D eigenvalue weighted by molar-refractivity contribution is -0.140. The zero-order chi connectivity index (χ0) is 25.9. The van der Waals surface area contributed by atoms with Crippen molar-refractivity contribution >= 4 is 45.4 Å². The Kier molecular flexibility index (Phi) is 9.70. The number of amides is 2. The molecule has 0 saturated carbocycles. The van der Waals surface area contributed by atoms with Gasteiger partial charge in [0.25, 0.3) is 0 Å². The molecule has 3 rings (SSSR count). The van der Waals surface area contributed by atoms with E-state index in [1.54, 1.807) is 48.5 Å². The predicted octanol–water partition coefficient (Wildman–Crippen LogP) is 4.26. The first-order chi connectivity index (χ1) is 17.4. The number of esters is 1. The summed E-state index contributed by atoms with van der Waals surface area (Å²) in [5, 5.41) is 5.17. The van der Waals surface area contributed by atoms with Gasteiger partial charge < -0.3 is 20.1 Å². The van der Waals surface area contributed by atoms with E-state index in [0.717, 1.165) is 5.56 Å². The maximum atomic E-state index is 13.1. The number of nitrogens with one attached hydrogen (secondary N) is 2. The van der Waals surface area contributed by atoms with Crippen LogP contribution in [0.4, 0.5) is 10.5 Å². The monoisotopic (exact) mass is 553 g/mol. The van der Waals surface area contributed by atoms with Crippen molar-refractivity contribution in [1.29, 1.82) is 0 Å². The molecule has 2 N–H and O–H groups in total. The Hall–Kier alpha value is -4.05. The summed E-state index contributed by atoms with van der Waals surface area (Å²) in [6, 6.07) is 17.6. The van der Waals surface area contributed by atoms with Gasteiger partial charge in [-0.25, -0.2) is 4.79 Å². The molecule has 0 fully saturated rings. The second-order valence-electron chi connectivity index (χ2n) is 7.60. The van der Waals surface area contributed by atoms with Crippen molar-refractivity contribution in [2.75, 3.05) is 12.4 Å². The number of pyridine rings is 1. The van der Waals surface area contributed by atoms with Gasteiger partial charge in [0, 0.05) is 22.7 Å². The summed E-state index contributed by atoms with van der Waals surface area (Å²) < 4.78 is 10.5. The topological polar surface area (TPSA) is 124 Å². The summed E-state index contributed by atoms with van der Waals surface area (Å²) in [5.74, 6) is -1.57. The summed E-state index contributed by atoms with van der Waals surface area (Å²) in [5.41, 5.74) is 1.41. The van der Waals surface area contributed by atoms with Gasteiger partial charge in [-0.1, -0.05) is 52.3 Å². The molecule has 0 bridgehead atoms. The first-order valence-corrected chi connectivity index (χ1v) is 11.8. The molecule has 0 aliphatic carbocycles. The fourth-order valence-electron chi connectivity index (χ4n) is 3.21. The standard InChI is InChI=1S/C26H24BrN3O6/c1-35-23(31)13-12-22(30-26(34)36-16-17-7-3-2-4-8-17)25(33)29-20-11-10-18(27)15-19(20)24(32)21-9-5-6-14-28-21/h2-11,14-15,22H,12-13,16H2,1H3,(H,29,33)(H,30,34). The van der Waals surface area contributed by atoms with Crippen LogP contribution in [0.2, 0.25) is 0 Å². The van der Waals surface area contributed by atoms with Crippen LogP contribution in [-0.2, 0) is 25.7 Å². The molecule has 2 amide bonds. The second-order valence-corrected chi connectivity index (χ2v) is 8.51. The molecule has 1 heterocycles. The van der Waals surface area contributed by atoms with Crippen molar-refractivity contribution in [3.05, 3.63) is 94.2 Å². The second kappa shape index (κ2) is 13.1. The number of anilines is 1. The minimum absolute atomic E-state index is 0.00739. The molecule has 0 spiro atoms. The molecule has 0 radical (unpaired) electrons. The minimum Gasteiger partial charge on any atom is -0.469 e. The number of methoxy groups -OCH3 is 1. The Balaban J connectivity index is 1.75. The third-order valence-corrected chi connectivity index (χ3v) is 5.56. The number of carbonyl (C=O) groups excluding carboxylic acids is 4. The van der Waals surface area contributed by atoms with Gasteiger partial charge in [0.15, 0.2) is 0 Å². The van der Waals surface area contributed by atoms with Crippen LogP contribution in [0.15, 0.2) is 77.4 Å². The van der Waals surface area contributed by atoms with E-state index >= 15 is 0 Å². The summed E-state index contributed by atoms with van der Waals surface area (Å²) in [6.45, 7) is 0.00739. The number of rotatable bonds is 10. The predicted molar refractivity (Wildman–Crippen MR) is 135 cm³/mol. The highest BCUT2D eigenvalue weighted by Crippen LogP contribution is 2.24. The van der Waals surface area contributed by atoms with E-state index in [0.29, 0.717) is 4.47 Å². The van der Waals surface area contributed by atoms with Crippen molar-refractivity contribution in [1.82, 2.24) is 10.3 Å². The molecule has 2 aromatic carbocycles. The number of ketones is 1. The number of hydrogen-bond acceptors (Lipinski definition) is 7. The van der Waals surface area contributed by atoms with E-state index in [2.05, 4.69) is 36.3 Å². The van der Waals surface area contributed by atoms with Crippen LogP contribution in [-0.4, -0.2) is 41.9 Å². The highest BCUT2D eigenvalue weighted by atomic mass is 79.9. The number of nitrogens with zero attached hydrogens (tertiary/aromatic N) is 1. The van der Waals surface area contributed by atoms with E-state index in [-0.39, 0.29) is 36.4 Å². The van der Waals surface area contributed by atoms with Gasteiger partial charge in [-0.3, -0.25) is 19.4 Å². The van der Waals surface area contributed by atoms with Gasteiger partial charge in [-0.15, -0.1) is 0 Å². The Bertz CT molecular complexity index is 1220. The molecule has 9 nitrogen and oxygen atoms in total. The van der Waals surface area contributed by atoms with Crippen LogP contribution >= 0.6 is 15.9 Å². The summed E-state index contributed by atoms with van der Waals surface area (Å²) in [6.07, 6.45) is 0.508. The van der Waals surface area contributed by atoms with E-state index in [4.69, 9.17) is 4.74 Å². The normalized spacial score (nSPS) is 11.2. The molecule has 3 aromatic rings. The first kappa shape index (κ1) is 26.6. The lowest BCUT2D eigenvalue weighted by atomic mass is 10.0. The Morgan fingerprint density at radius 1 is 1.00 bits per heavy atom. The highest BCUT2D eigenvalue weighted by Gasteiger charge is 2.25. The quantitative estimate of drug-likeness (QED) is 0.284. The molecule has 36 heavy (non-hydrogen) atoms. The number of aromatic nitrogens is 1. The van der Waals surface area contributed by atoms with Gasteiger partial charge in [0.2, 0.25) is 11.7 Å². The number of hydrogen-bond donors (Lipinski definition) is 2. The van der Waals surface area contributed by atoms with Gasteiger partial charge in [0.05, 0.1) is 12.8 Å². The maximum absolute atomic E-state index is 13.1. The van der Waals surface area contributed by atoms with Crippen LogP contribution < -0.4 is 10.6 Å². The lowest BCUT2D eigenvalue weighted by Gasteiger charge is -2.19. The SMILES string of the molecule is COC(=O)CCC(NC(=O)OCc1ccccc1)C(=O)Nc1ccc(Br)cc1C(=O)c1ccccn1. The molecule has 1 atom stereocenters. The van der Waals surface area contributed by atoms with Crippen LogP contribution in [0.1, 0.15) is 34.5 Å².